The standard InChI is InChI=1S/C5H9F3N2.2C4H10/c6-5(7,8)4-3-9-1-2-10-4;2*1-4(2)3/h4,9-10H,1-3H2;2*4H,1-3H3. The fraction of sp³-hybridized carbons (Fsp3) is 1.00. The maximum Gasteiger partial charge on any atom is 0.405 e. The van der Waals surface area contributed by atoms with Crippen LogP contribution in [0.25, 0.3) is 0 Å². The van der Waals surface area contributed by atoms with Crippen molar-refractivity contribution in [3.8, 4) is 0 Å². The first-order chi connectivity index (χ1) is 8.07. The average molecular weight is 270 g/mol. The Labute approximate surface area is 110 Å². The maximum absolute atomic E-state index is 11.8. The highest BCUT2D eigenvalue weighted by atomic mass is 19.4. The molecular formula is C13H29F3N2. The molecule has 0 saturated carbocycles. The summed E-state index contributed by atoms with van der Waals surface area (Å²) in [6.07, 6.45) is -4.10. The summed E-state index contributed by atoms with van der Waals surface area (Å²) in [5.74, 6) is 1.67. The molecule has 1 aliphatic rings. The molecule has 1 aliphatic heterocycles. The van der Waals surface area contributed by atoms with Gasteiger partial charge in [-0.2, -0.15) is 13.2 Å². The lowest BCUT2D eigenvalue weighted by Gasteiger charge is -2.26. The van der Waals surface area contributed by atoms with Crippen molar-refractivity contribution in [2.45, 2.75) is 53.8 Å². The van der Waals surface area contributed by atoms with Crippen molar-refractivity contribution in [2.24, 2.45) is 11.8 Å². The Morgan fingerprint density at radius 3 is 1.44 bits per heavy atom. The van der Waals surface area contributed by atoms with Gasteiger partial charge in [0, 0.05) is 19.6 Å². The molecule has 1 saturated heterocycles. The van der Waals surface area contributed by atoms with Crippen LogP contribution in [0.4, 0.5) is 13.2 Å². The largest absolute Gasteiger partial charge is 0.405 e. The van der Waals surface area contributed by atoms with Gasteiger partial charge in [0.15, 0.2) is 0 Å². The molecule has 0 aliphatic carbocycles. The third-order valence-corrected chi connectivity index (χ3v) is 1.44. The Morgan fingerprint density at radius 2 is 1.28 bits per heavy atom. The predicted molar refractivity (Wildman–Crippen MR) is 71.7 cm³/mol. The molecule has 1 atom stereocenters. The van der Waals surface area contributed by atoms with Crippen LogP contribution in [0.5, 0.6) is 0 Å². The summed E-state index contributed by atoms with van der Waals surface area (Å²) >= 11 is 0. The Bertz CT molecular complexity index is 162. The van der Waals surface area contributed by atoms with Crippen LogP contribution < -0.4 is 10.6 Å². The highest BCUT2D eigenvalue weighted by Gasteiger charge is 2.39. The van der Waals surface area contributed by atoms with E-state index < -0.39 is 12.2 Å². The number of rotatable bonds is 0. The smallest absolute Gasteiger partial charge is 0.314 e. The van der Waals surface area contributed by atoms with E-state index in [0.717, 1.165) is 11.8 Å². The van der Waals surface area contributed by atoms with Crippen molar-refractivity contribution >= 4 is 0 Å². The molecule has 0 aromatic carbocycles. The van der Waals surface area contributed by atoms with E-state index in [0.29, 0.717) is 13.1 Å². The van der Waals surface area contributed by atoms with Gasteiger partial charge in [0.1, 0.15) is 6.04 Å². The fourth-order valence-electron chi connectivity index (χ4n) is 0.885. The minimum Gasteiger partial charge on any atom is -0.314 e. The third kappa shape index (κ3) is 18.1. The van der Waals surface area contributed by atoms with Gasteiger partial charge in [-0.15, -0.1) is 0 Å². The molecule has 0 spiro atoms. The van der Waals surface area contributed by atoms with E-state index in [4.69, 9.17) is 0 Å². The van der Waals surface area contributed by atoms with Gasteiger partial charge >= 0.3 is 6.18 Å². The summed E-state index contributed by atoms with van der Waals surface area (Å²) in [6, 6.07) is -1.36. The molecule has 5 heteroatoms. The summed E-state index contributed by atoms with van der Waals surface area (Å²) in [6.45, 7) is 14.0. The van der Waals surface area contributed by atoms with E-state index in [1.165, 1.54) is 0 Å². The van der Waals surface area contributed by atoms with E-state index in [1.807, 2.05) is 0 Å². The van der Waals surface area contributed by atoms with E-state index >= 15 is 0 Å². The van der Waals surface area contributed by atoms with Crippen LogP contribution in [-0.4, -0.2) is 31.9 Å². The number of alkyl halides is 3. The molecule has 0 aromatic rings. The second kappa shape index (κ2) is 10.6. The highest BCUT2D eigenvalue weighted by Crippen LogP contribution is 2.19. The maximum atomic E-state index is 11.8. The van der Waals surface area contributed by atoms with Gasteiger partial charge in [-0.3, -0.25) is 0 Å². The normalized spacial score (nSPS) is 19.8. The highest BCUT2D eigenvalue weighted by molar-refractivity contribution is 4.81. The van der Waals surface area contributed by atoms with Crippen molar-refractivity contribution in [1.29, 1.82) is 0 Å². The molecule has 18 heavy (non-hydrogen) atoms. The lowest BCUT2D eigenvalue weighted by Crippen LogP contribution is -2.55. The molecule has 1 heterocycles. The van der Waals surface area contributed by atoms with Gasteiger partial charge in [0.05, 0.1) is 0 Å². The second-order valence-corrected chi connectivity index (χ2v) is 5.72. The lowest BCUT2D eigenvalue weighted by atomic mass is 10.2. The van der Waals surface area contributed by atoms with Crippen LogP contribution >= 0.6 is 0 Å². The molecular weight excluding hydrogens is 241 g/mol. The third-order valence-electron chi connectivity index (χ3n) is 1.44. The predicted octanol–water partition coefficient (Wildman–Crippen LogP) is 3.43. The van der Waals surface area contributed by atoms with Crippen molar-refractivity contribution < 1.29 is 13.2 Å². The number of piperazine rings is 1. The van der Waals surface area contributed by atoms with Gasteiger partial charge in [-0.25, -0.2) is 0 Å². The zero-order valence-electron chi connectivity index (χ0n) is 12.5. The summed E-state index contributed by atoms with van der Waals surface area (Å²) in [7, 11) is 0. The Hall–Kier alpha value is -0.290. The van der Waals surface area contributed by atoms with Crippen molar-refractivity contribution in [2.75, 3.05) is 19.6 Å². The fourth-order valence-corrected chi connectivity index (χ4v) is 0.885. The Morgan fingerprint density at radius 1 is 0.889 bits per heavy atom. The van der Waals surface area contributed by atoms with E-state index in [9.17, 15) is 13.2 Å². The van der Waals surface area contributed by atoms with Crippen LogP contribution in [0.3, 0.4) is 0 Å². The van der Waals surface area contributed by atoms with E-state index in [2.05, 4.69) is 52.2 Å². The number of hydrogen-bond donors (Lipinski definition) is 2. The molecule has 2 nitrogen and oxygen atoms in total. The van der Waals surface area contributed by atoms with Gasteiger partial charge in [0.2, 0.25) is 0 Å². The van der Waals surface area contributed by atoms with Crippen molar-refractivity contribution in [1.82, 2.24) is 10.6 Å². The molecule has 2 N–H and O–H groups in total. The van der Waals surface area contributed by atoms with Gasteiger partial charge in [-0.05, 0) is 11.8 Å². The van der Waals surface area contributed by atoms with E-state index in [1.54, 1.807) is 0 Å². The second-order valence-electron chi connectivity index (χ2n) is 5.72. The first-order valence-corrected chi connectivity index (χ1v) is 6.58. The quantitative estimate of drug-likeness (QED) is 0.704. The monoisotopic (exact) mass is 270 g/mol. The van der Waals surface area contributed by atoms with Crippen LogP contribution in [0.2, 0.25) is 0 Å². The molecule has 1 fully saturated rings. The van der Waals surface area contributed by atoms with Crippen molar-refractivity contribution in [3.05, 3.63) is 0 Å². The zero-order chi connectivity index (χ0) is 14.8. The van der Waals surface area contributed by atoms with Gasteiger partial charge in [-0.1, -0.05) is 41.5 Å². The number of hydrogen-bond acceptors (Lipinski definition) is 2. The first kappa shape index (κ1) is 20.0. The molecule has 112 valence electrons. The Balaban J connectivity index is 0. The first-order valence-electron chi connectivity index (χ1n) is 6.58. The van der Waals surface area contributed by atoms with E-state index in [-0.39, 0.29) is 6.54 Å². The van der Waals surface area contributed by atoms with Gasteiger partial charge < -0.3 is 10.6 Å². The van der Waals surface area contributed by atoms with Crippen LogP contribution in [0, 0.1) is 11.8 Å². The Kier molecular flexibility index (Phi) is 11.8. The summed E-state index contributed by atoms with van der Waals surface area (Å²) in [5.41, 5.74) is 0. The summed E-state index contributed by atoms with van der Waals surface area (Å²) in [5, 5.41) is 5.03. The summed E-state index contributed by atoms with van der Waals surface area (Å²) in [4.78, 5) is 0. The van der Waals surface area contributed by atoms with Crippen LogP contribution in [0.15, 0.2) is 0 Å². The van der Waals surface area contributed by atoms with Crippen LogP contribution in [0.1, 0.15) is 41.5 Å². The topological polar surface area (TPSA) is 24.1 Å². The number of halogens is 3. The minimum atomic E-state index is -4.10. The minimum absolute atomic E-state index is 0.0104. The molecule has 1 unspecified atom stereocenters. The molecule has 0 aromatic heterocycles. The molecule has 0 amide bonds. The summed E-state index contributed by atoms with van der Waals surface area (Å²) < 4.78 is 35.5. The van der Waals surface area contributed by atoms with Crippen LogP contribution in [-0.2, 0) is 0 Å². The van der Waals surface area contributed by atoms with Gasteiger partial charge in [0.25, 0.3) is 0 Å². The average Bonchev–Trinajstić information content (AvgIpc) is 2.16. The number of nitrogens with one attached hydrogen (secondary N) is 2. The lowest BCUT2D eigenvalue weighted by molar-refractivity contribution is -0.156. The molecule has 1 rings (SSSR count). The zero-order valence-corrected chi connectivity index (χ0v) is 12.5. The SMILES string of the molecule is CC(C)C.CC(C)C.FC(F)(F)C1CNCCN1. The molecule has 0 radical (unpaired) electrons. The van der Waals surface area contributed by atoms with Crippen molar-refractivity contribution in [3.63, 3.8) is 0 Å². The molecule has 0 bridgehead atoms.